The fourth-order valence-electron chi connectivity index (χ4n) is 7.30. The molecule has 2 aliphatic heterocycles. The molecular formula is C22H28O6. The molecule has 6 heteroatoms. The molecule has 0 aromatic rings. The second-order valence-corrected chi connectivity index (χ2v) is 9.73. The predicted octanol–water partition coefficient (Wildman–Crippen LogP) is 3.17. The Morgan fingerprint density at radius 2 is 1.21 bits per heavy atom. The van der Waals surface area contributed by atoms with E-state index in [9.17, 15) is 19.2 Å². The summed E-state index contributed by atoms with van der Waals surface area (Å²) < 4.78 is 9.91. The van der Waals surface area contributed by atoms with Crippen LogP contribution in [0.15, 0.2) is 0 Å². The zero-order chi connectivity index (χ0) is 19.5. The Balaban J connectivity index is 1.45. The highest BCUT2D eigenvalue weighted by molar-refractivity contribution is 5.97. The quantitative estimate of drug-likeness (QED) is 0.533. The summed E-state index contributed by atoms with van der Waals surface area (Å²) in [6.45, 7) is 0. The van der Waals surface area contributed by atoms with Gasteiger partial charge in [0.2, 0.25) is 0 Å². The molecule has 6 unspecified atom stereocenters. The molecule has 0 amide bonds. The first-order valence-electron chi connectivity index (χ1n) is 11.0. The highest BCUT2D eigenvalue weighted by Gasteiger charge is 2.59. The fraction of sp³-hybridized carbons (Fsp3) is 0.818. The summed E-state index contributed by atoms with van der Waals surface area (Å²) in [5.74, 6) is -1.77. The van der Waals surface area contributed by atoms with Crippen molar-refractivity contribution in [2.75, 3.05) is 0 Å². The number of ether oxygens (including phenoxy) is 2. The first-order valence-corrected chi connectivity index (χ1v) is 11.0. The van der Waals surface area contributed by atoms with Crippen molar-refractivity contribution < 1.29 is 28.7 Å². The van der Waals surface area contributed by atoms with Crippen molar-refractivity contribution in [1.82, 2.24) is 0 Å². The fourth-order valence-corrected chi connectivity index (χ4v) is 7.30. The smallest absolute Gasteiger partial charge is 0.317 e. The molecule has 152 valence electrons. The summed E-state index contributed by atoms with van der Waals surface area (Å²) in [7, 11) is 0. The standard InChI is InChI=1S/C22H28O6/c23-18-14-7-6-13(10-16(14)20(25)27-18)22(12-4-2-1-3-5-12)9-8-15-17(11-22)21(26)28-19(15)24/h12-17H,1-11H2. The van der Waals surface area contributed by atoms with E-state index in [0.29, 0.717) is 37.5 Å². The lowest BCUT2D eigenvalue weighted by Gasteiger charge is -2.54. The lowest BCUT2D eigenvalue weighted by Crippen LogP contribution is -2.48. The third-order valence-corrected chi connectivity index (χ3v) is 8.70. The van der Waals surface area contributed by atoms with E-state index in [-0.39, 0.29) is 53.0 Å². The number of hydrogen-bond acceptors (Lipinski definition) is 6. The van der Waals surface area contributed by atoms with Crippen molar-refractivity contribution in [2.45, 2.75) is 70.6 Å². The molecule has 0 N–H and O–H groups in total. The Bertz CT molecular complexity index is 723. The van der Waals surface area contributed by atoms with E-state index >= 15 is 0 Å². The first-order chi connectivity index (χ1) is 13.5. The third-order valence-electron chi connectivity index (χ3n) is 8.70. The van der Waals surface area contributed by atoms with Crippen LogP contribution in [0.2, 0.25) is 0 Å². The van der Waals surface area contributed by atoms with Gasteiger partial charge in [-0.25, -0.2) is 0 Å². The highest BCUT2D eigenvalue weighted by Crippen LogP contribution is 2.61. The average Bonchev–Trinajstić information content (AvgIpc) is 3.16. The van der Waals surface area contributed by atoms with Crippen LogP contribution in [0, 0.1) is 40.9 Å². The van der Waals surface area contributed by atoms with Gasteiger partial charge in [0.15, 0.2) is 0 Å². The highest BCUT2D eigenvalue weighted by atomic mass is 16.6. The Hall–Kier alpha value is -1.72. The van der Waals surface area contributed by atoms with Gasteiger partial charge in [0.1, 0.15) is 0 Å². The zero-order valence-electron chi connectivity index (χ0n) is 16.2. The molecule has 5 aliphatic rings. The van der Waals surface area contributed by atoms with Crippen LogP contribution in [0.25, 0.3) is 0 Å². The second kappa shape index (κ2) is 6.67. The molecule has 5 rings (SSSR count). The lowest BCUT2D eigenvalue weighted by molar-refractivity contribution is -0.155. The van der Waals surface area contributed by atoms with E-state index in [2.05, 4.69) is 0 Å². The number of hydrogen-bond donors (Lipinski definition) is 0. The normalized spacial score (nSPS) is 44.1. The number of cyclic esters (lactones) is 4. The van der Waals surface area contributed by atoms with E-state index in [1.807, 2.05) is 0 Å². The second-order valence-electron chi connectivity index (χ2n) is 9.73. The van der Waals surface area contributed by atoms with Crippen LogP contribution in [0.3, 0.4) is 0 Å². The minimum atomic E-state index is -0.359. The monoisotopic (exact) mass is 388 g/mol. The van der Waals surface area contributed by atoms with Gasteiger partial charge < -0.3 is 9.47 Å². The number of carbonyl (C=O) groups is 4. The van der Waals surface area contributed by atoms with Crippen molar-refractivity contribution >= 4 is 23.9 Å². The molecule has 0 radical (unpaired) electrons. The van der Waals surface area contributed by atoms with Crippen molar-refractivity contribution in [3.8, 4) is 0 Å². The molecule has 28 heavy (non-hydrogen) atoms. The summed E-state index contributed by atoms with van der Waals surface area (Å²) in [6, 6.07) is 0. The van der Waals surface area contributed by atoms with Crippen LogP contribution >= 0.6 is 0 Å². The van der Waals surface area contributed by atoms with E-state index in [1.165, 1.54) is 19.3 Å². The summed E-state index contributed by atoms with van der Waals surface area (Å²) in [5.41, 5.74) is -0.0257. The number of esters is 4. The third kappa shape index (κ3) is 2.66. The molecule has 2 saturated heterocycles. The molecule has 0 spiro atoms. The van der Waals surface area contributed by atoms with Gasteiger partial charge in [0, 0.05) is 0 Å². The van der Waals surface area contributed by atoms with Gasteiger partial charge in [-0.15, -0.1) is 0 Å². The average molecular weight is 388 g/mol. The first kappa shape index (κ1) is 18.3. The lowest BCUT2D eigenvalue weighted by atomic mass is 9.49. The number of fused-ring (bicyclic) bond motifs is 2. The molecule has 0 bridgehead atoms. The Morgan fingerprint density at radius 3 is 1.93 bits per heavy atom. The van der Waals surface area contributed by atoms with Crippen LogP contribution in [0.5, 0.6) is 0 Å². The predicted molar refractivity (Wildman–Crippen MR) is 96.4 cm³/mol. The number of carbonyl (C=O) groups excluding carboxylic acids is 4. The minimum absolute atomic E-state index is 0.0257. The van der Waals surface area contributed by atoms with Crippen LogP contribution in [0.1, 0.15) is 70.6 Å². The SMILES string of the molecule is O=C1OC(=O)C2CC(C3(C4CCCCC4)CCC4C(=O)OC(=O)C4C3)CCC12. The van der Waals surface area contributed by atoms with Crippen molar-refractivity contribution in [1.29, 1.82) is 0 Å². The molecule has 3 aliphatic carbocycles. The maximum atomic E-state index is 12.4. The minimum Gasteiger partial charge on any atom is -0.393 e. The summed E-state index contributed by atoms with van der Waals surface area (Å²) >= 11 is 0. The summed E-state index contributed by atoms with van der Waals surface area (Å²) in [6.07, 6.45) is 10.6. The molecule has 2 heterocycles. The van der Waals surface area contributed by atoms with Crippen LogP contribution in [-0.4, -0.2) is 23.9 Å². The van der Waals surface area contributed by atoms with E-state index in [0.717, 1.165) is 25.7 Å². The largest absolute Gasteiger partial charge is 0.393 e. The van der Waals surface area contributed by atoms with Crippen LogP contribution < -0.4 is 0 Å². The van der Waals surface area contributed by atoms with Gasteiger partial charge in [0.05, 0.1) is 23.7 Å². The molecule has 3 saturated carbocycles. The van der Waals surface area contributed by atoms with Gasteiger partial charge in [-0.05, 0) is 68.6 Å². The molecule has 0 aromatic carbocycles. The van der Waals surface area contributed by atoms with Crippen molar-refractivity contribution in [2.24, 2.45) is 40.9 Å². The van der Waals surface area contributed by atoms with Crippen LogP contribution in [0.4, 0.5) is 0 Å². The molecule has 6 atom stereocenters. The Labute approximate surface area is 164 Å². The van der Waals surface area contributed by atoms with E-state index in [4.69, 9.17) is 9.47 Å². The van der Waals surface area contributed by atoms with Crippen LogP contribution in [-0.2, 0) is 28.7 Å². The molecule has 6 nitrogen and oxygen atoms in total. The Morgan fingerprint density at radius 1 is 0.607 bits per heavy atom. The molecule has 0 aromatic heterocycles. The van der Waals surface area contributed by atoms with Gasteiger partial charge >= 0.3 is 23.9 Å². The Kier molecular flexibility index (Phi) is 4.36. The zero-order valence-corrected chi connectivity index (χ0v) is 16.2. The summed E-state index contributed by atoms with van der Waals surface area (Å²) in [4.78, 5) is 48.7. The topological polar surface area (TPSA) is 86.7 Å². The van der Waals surface area contributed by atoms with Gasteiger partial charge in [-0.1, -0.05) is 19.3 Å². The maximum Gasteiger partial charge on any atom is 0.317 e. The van der Waals surface area contributed by atoms with Crippen molar-refractivity contribution in [3.63, 3.8) is 0 Å². The van der Waals surface area contributed by atoms with E-state index < -0.39 is 0 Å². The van der Waals surface area contributed by atoms with E-state index in [1.54, 1.807) is 0 Å². The molecular weight excluding hydrogens is 360 g/mol. The maximum absolute atomic E-state index is 12.4. The van der Waals surface area contributed by atoms with Gasteiger partial charge in [-0.3, -0.25) is 19.2 Å². The molecule has 5 fully saturated rings. The summed E-state index contributed by atoms with van der Waals surface area (Å²) in [5, 5.41) is 0. The van der Waals surface area contributed by atoms with Gasteiger partial charge in [-0.2, -0.15) is 0 Å². The van der Waals surface area contributed by atoms with Gasteiger partial charge in [0.25, 0.3) is 0 Å². The number of rotatable bonds is 2. The van der Waals surface area contributed by atoms with Crippen molar-refractivity contribution in [3.05, 3.63) is 0 Å².